The van der Waals surface area contributed by atoms with Crippen molar-refractivity contribution >= 4 is 11.8 Å². The lowest BCUT2D eigenvalue weighted by molar-refractivity contribution is -0.136. The van der Waals surface area contributed by atoms with Crippen molar-refractivity contribution in [3.63, 3.8) is 0 Å². The summed E-state index contributed by atoms with van der Waals surface area (Å²) in [6.45, 7) is 1.10. The topological polar surface area (TPSA) is 84.2 Å². The average molecular weight is 267 g/mol. The molecule has 0 aromatic rings. The predicted octanol–water partition coefficient (Wildman–Crippen LogP) is 0.680. The van der Waals surface area contributed by atoms with Crippen LogP contribution in [0.5, 0.6) is 0 Å². The van der Waals surface area contributed by atoms with Crippen LogP contribution in [0.4, 0.5) is 0 Å². The summed E-state index contributed by atoms with van der Waals surface area (Å²) < 4.78 is 0. The van der Waals surface area contributed by atoms with Gasteiger partial charge in [0.15, 0.2) is 0 Å². The molecular formula is C14H25N3O2. The third kappa shape index (κ3) is 3.26. The smallest absolute Gasteiger partial charge is 0.242 e. The fraction of sp³-hybridized carbons (Fsp3) is 0.857. The summed E-state index contributed by atoms with van der Waals surface area (Å²) in [6, 6.07) is -0.368. The molecule has 1 aliphatic heterocycles. The lowest BCUT2D eigenvalue weighted by atomic mass is 9.79. The van der Waals surface area contributed by atoms with E-state index in [2.05, 4.69) is 10.6 Å². The van der Waals surface area contributed by atoms with Crippen LogP contribution in [-0.4, -0.2) is 30.9 Å². The number of hydrogen-bond donors (Lipinski definition) is 3. The Balaban J connectivity index is 2.01. The van der Waals surface area contributed by atoms with E-state index in [-0.39, 0.29) is 17.9 Å². The van der Waals surface area contributed by atoms with Gasteiger partial charge in [0.25, 0.3) is 0 Å². The summed E-state index contributed by atoms with van der Waals surface area (Å²) in [5, 5.41) is 5.73. The van der Waals surface area contributed by atoms with E-state index >= 15 is 0 Å². The molecule has 4 N–H and O–H groups in total. The summed E-state index contributed by atoms with van der Waals surface area (Å²) in [7, 11) is 0. The normalized spacial score (nSPS) is 27.2. The van der Waals surface area contributed by atoms with Crippen LogP contribution in [0.1, 0.15) is 51.4 Å². The largest absolute Gasteiger partial charge is 0.354 e. The Morgan fingerprint density at radius 3 is 2.53 bits per heavy atom. The van der Waals surface area contributed by atoms with Gasteiger partial charge in [0.05, 0.1) is 5.41 Å². The minimum absolute atomic E-state index is 0.0149. The van der Waals surface area contributed by atoms with Gasteiger partial charge in [-0.15, -0.1) is 0 Å². The summed E-state index contributed by atoms with van der Waals surface area (Å²) in [5.74, 6) is -0.0701. The van der Waals surface area contributed by atoms with Crippen molar-refractivity contribution in [2.24, 2.45) is 11.1 Å². The number of carbonyl (C=O) groups excluding carboxylic acids is 2. The number of rotatable bonds is 3. The van der Waals surface area contributed by atoms with Crippen LogP contribution in [0.3, 0.4) is 0 Å². The SMILES string of the molecule is NCC1(C(=O)NC2CCCNC2=O)CCCCCC1. The highest BCUT2D eigenvalue weighted by molar-refractivity contribution is 5.90. The molecule has 0 aromatic carbocycles. The maximum atomic E-state index is 12.5. The van der Waals surface area contributed by atoms with Crippen molar-refractivity contribution in [1.29, 1.82) is 0 Å². The Bertz CT molecular complexity index is 336. The van der Waals surface area contributed by atoms with E-state index in [0.29, 0.717) is 13.1 Å². The first-order valence-corrected chi connectivity index (χ1v) is 7.47. The van der Waals surface area contributed by atoms with Crippen molar-refractivity contribution in [1.82, 2.24) is 10.6 Å². The predicted molar refractivity (Wildman–Crippen MR) is 73.4 cm³/mol. The maximum absolute atomic E-state index is 12.5. The molecule has 2 rings (SSSR count). The number of piperidine rings is 1. The Morgan fingerprint density at radius 2 is 1.95 bits per heavy atom. The van der Waals surface area contributed by atoms with E-state index in [1.165, 1.54) is 12.8 Å². The number of carbonyl (C=O) groups is 2. The van der Waals surface area contributed by atoms with E-state index in [1.807, 2.05) is 0 Å². The van der Waals surface area contributed by atoms with Gasteiger partial charge in [-0.1, -0.05) is 25.7 Å². The van der Waals surface area contributed by atoms with E-state index in [0.717, 1.165) is 38.5 Å². The summed E-state index contributed by atoms with van der Waals surface area (Å²) in [4.78, 5) is 24.3. The van der Waals surface area contributed by atoms with Crippen molar-refractivity contribution < 1.29 is 9.59 Å². The summed E-state index contributed by atoms with van der Waals surface area (Å²) >= 11 is 0. The molecule has 0 aromatic heterocycles. The molecule has 5 nitrogen and oxygen atoms in total. The molecule has 1 saturated heterocycles. The van der Waals surface area contributed by atoms with Crippen molar-refractivity contribution in [3.8, 4) is 0 Å². The first-order valence-electron chi connectivity index (χ1n) is 7.47. The number of nitrogens with one attached hydrogen (secondary N) is 2. The number of nitrogens with two attached hydrogens (primary N) is 1. The molecule has 2 amide bonds. The molecule has 0 radical (unpaired) electrons. The first-order chi connectivity index (χ1) is 9.18. The van der Waals surface area contributed by atoms with Crippen molar-refractivity contribution in [3.05, 3.63) is 0 Å². The van der Waals surface area contributed by atoms with Gasteiger partial charge in [-0.05, 0) is 25.7 Å². The zero-order chi connectivity index (χ0) is 13.7. The Kier molecular flexibility index (Phi) is 4.80. The zero-order valence-corrected chi connectivity index (χ0v) is 11.5. The van der Waals surface area contributed by atoms with Crippen molar-refractivity contribution in [2.75, 3.05) is 13.1 Å². The van der Waals surface area contributed by atoms with E-state index in [9.17, 15) is 9.59 Å². The number of hydrogen-bond acceptors (Lipinski definition) is 3. The monoisotopic (exact) mass is 267 g/mol. The molecule has 19 heavy (non-hydrogen) atoms. The van der Waals surface area contributed by atoms with Gasteiger partial charge in [-0.2, -0.15) is 0 Å². The third-order valence-corrected chi connectivity index (χ3v) is 4.52. The molecule has 1 heterocycles. The first kappa shape index (κ1) is 14.3. The summed E-state index contributed by atoms with van der Waals surface area (Å²) in [5.41, 5.74) is 5.44. The molecular weight excluding hydrogens is 242 g/mol. The summed E-state index contributed by atoms with van der Waals surface area (Å²) in [6.07, 6.45) is 7.83. The molecule has 5 heteroatoms. The van der Waals surface area contributed by atoms with Crippen LogP contribution in [0.15, 0.2) is 0 Å². The van der Waals surface area contributed by atoms with Crippen LogP contribution in [-0.2, 0) is 9.59 Å². The van der Waals surface area contributed by atoms with Crippen LogP contribution < -0.4 is 16.4 Å². The Morgan fingerprint density at radius 1 is 1.26 bits per heavy atom. The molecule has 1 aliphatic carbocycles. The maximum Gasteiger partial charge on any atom is 0.242 e. The highest BCUT2D eigenvalue weighted by Gasteiger charge is 2.39. The fourth-order valence-electron chi connectivity index (χ4n) is 3.15. The van der Waals surface area contributed by atoms with E-state index in [1.54, 1.807) is 0 Å². The molecule has 1 atom stereocenters. The lowest BCUT2D eigenvalue weighted by Gasteiger charge is -2.32. The molecule has 0 spiro atoms. The molecule has 2 fully saturated rings. The van der Waals surface area contributed by atoms with Crippen molar-refractivity contribution in [2.45, 2.75) is 57.4 Å². The highest BCUT2D eigenvalue weighted by Crippen LogP contribution is 2.34. The molecule has 0 bridgehead atoms. The fourth-order valence-corrected chi connectivity index (χ4v) is 3.15. The van der Waals surface area contributed by atoms with Gasteiger partial charge < -0.3 is 16.4 Å². The molecule has 108 valence electrons. The van der Waals surface area contributed by atoms with Crippen LogP contribution in [0.25, 0.3) is 0 Å². The third-order valence-electron chi connectivity index (χ3n) is 4.52. The van der Waals surface area contributed by atoms with Gasteiger partial charge in [0, 0.05) is 13.1 Å². The zero-order valence-electron chi connectivity index (χ0n) is 11.5. The van der Waals surface area contributed by atoms with Gasteiger partial charge in [-0.3, -0.25) is 9.59 Å². The Hall–Kier alpha value is -1.10. The van der Waals surface area contributed by atoms with Gasteiger partial charge in [-0.25, -0.2) is 0 Å². The minimum Gasteiger partial charge on any atom is -0.354 e. The second-order valence-electron chi connectivity index (χ2n) is 5.86. The number of amides is 2. The molecule has 1 unspecified atom stereocenters. The minimum atomic E-state index is -0.450. The van der Waals surface area contributed by atoms with Crippen LogP contribution >= 0.6 is 0 Å². The molecule has 2 aliphatic rings. The lowest BCUT2D eigenvalue weighted by Crippen LogP contribution is -2.55. The van der Waals surface area contributed by atoms with E-state index in [4.69, 9.17) is 5.73 Å². The van der Waals surface area contributed by atoms with Crippen LogP contribution in [0.2, 0.25) is 0 Å². The second kappa shape index (κ2) is 6.37. The Labute approximate surface area is 114 Å². The highest BCUT2D eigenvalue weighted by atomic mass is 16.2. The average Bonchev–Trinajstić information content (AvgIpc) is 2.67. The van der Waals surface area contributed by atoms with Gasteiger partial charge in [0.1, 0.15) is 6.04 Å². The van der Waals surface area contributed by atoms with Gasteiger partial charge in [0.2, 0.25) is 11.8 Å². The molecule has 1 saturated carbocycles. The standard InChI is InChI=1S/C14H25N3O2/c15-10-14(7-3-1-2-4-8-14)13(19)17-11-6-5-9-16-12(11)18/h11H,1-10,15H2,(H,16,18)(H,17,19). The van der Waals surface area contributed by atoms with E-state index < -0.39 is 5.41 Å². The second-order valence-corrected chi connectivity index (χ2v) is 5.86. The van der Waals surface area contributed by atoms with Crippen LogP contribution in [0, 0.1) is 5.41 Å². The quantitative estimate of drug-likeness (QED) is 0.657. The van der Waals surface area contributed by atoms with Gasteiger partial charge >= 0.3 is 0 Å².